The number of aromatic nitrogens is 2. The SMILES string of the molecule is Cc1cn(C2CCC(=O)C2)nc1[N+](=O)[O-]. The van der Waals surface area contributed by atoms with Crippen molar-refractivity contribution in [1.82, 2.24) is 9.78 Å². The zero-order chi connectivity index (χ0) is 11.0. The summed E-state index contributed by atoms with van der Waals surface area (Å²) in [7, 11) is 0. The average molecular weight is 209 g/mol. The fourth-order valence-electron chi connectivity index (χ4n) is 1.86. The van der Waals surface area contributed by atoms with Crippen molar-refractivity contribution in [3.63, 3.8) is 0 Å². The van der Waals surface area contributed by atoms with E-state index in [2.05, 4.69) is 5.10 Å². The van der Waals surface area contributed by atoms with E-state index in [1.54, 1.807) is 17.8 Å². The first kappa shape index (κ1) is 9.82. The van der Waals surface area contributed by atoms with Crippen LogP contribution in [0.5, 0.6) is 0 Å². The molecule has 15 heavy (non-hydrogen) atoms. The third-order valence-corrected chi connectivity index (χ3v) is 2.66. The van der Waals surface area contributed by atoms with Crippen molar-refractivity contribution in [2.24, 2.45) is 0 Å². The van der Waals surface area contributed by atoms with Crippen molar-refractivity contribution in [1.29, 1.82) is 0 Å². The van der Waals surface area contributed by atoms with Crippen LogP contribution in [0.2, 0.25) is 0 Å². The Hall–Kier alpha value is -1.72. The van der Waals surface area contributed by atoms with Gasteiger partial charge in [0.15, 0.2) is 0 Å². The molecule has 1 aromatic heterocycles. The van der Waals surface area contributed by atoms with E-state index in [0.717, 1.165) is 6.42 Å². The van der Waals surface area contributed by atoms with E-state index < -0.39 is 4.92 Å². The predicted octanol–water partition coefficient (Wildman–Crippen LogP) is 1.39. The van der Waals surface area contributed by atoms with E-state index in [1.165, 1.54) is 0 Å². The minimum atomic E-state index is -0.497. The summed E-state index contributed by atoms with van der Waals surface area (Å²) in [5.41, 5.74) is 0.541. The van der Waals surface area contributed by atoms with Crippen molar-refractivity contribution in [2.75, 3.05) is 0 Å². The highest BCUT2D eigenvalue weighted by atomic mass is 16.6. The van der Waals surface area contributed by atoms with Crippen LogP contribution in [-0.2, 0) is 4.79 Å². The molecule has 80 valence electrons. The fourth-order valence-corrected chi connectivity index (χ4v) is 1.86. The second-order valence-corrected chi connectivity index (χ2v) is 3.81. The van der Waals surface area contributed by atoms with Crippen LogP contribution >= 0.6 is 0 Å². The smallest absolute Gasteiger partial charge is 0.358 e. The summed E-state index contributed by atoms with van der Waals surface area (Å²) < 4.78 is 1.55. The Kier molecular flexibility index (Phi) is 2.26. The minimum absolute atomic E-state index is 0.00454. The molecule has 0 radical (unpaired) electrons. The summed E-state index contributed by atoms with van der Waals surface area (Å²) in [6.45, 7) is 1.65. The molecular formula is C9H11N3O3. The highest BCUT2D eigenvalue weighted by molar-refractivity contribution is 5.80. The molecule has 1 aliphatic rings. The average Bonchev–Trinajstić information content (AvgIpc) is 2.71. The summed E-state index contributed by atoms with van der Waals surface area (Å²) in [4.78, 5) is 21.2. The lowest BCUT2D eigenvalue weighted by Crippen LogP contribution is -2.06. The van der Waals surface area contributed by atoms with Crippen LogP contribution in [0.15, 0.2) is 6.20 Å². The van der Waals surface area contributed by atoms with Gasteiger partial charge in [-0.15, -0.1) is 0 Å². The number of carbonyl (C=O) groups is 1. The molecule has 6 heteroatoms. The Morgan fingerprint density at radius 3 is 2.87 bits per heavy atom. The summed E-state index contributed by atoms with van der Waals surface area (Å²) in [5.74, 6) is 0.0881. The maximum Gasteiger partial charge on any atom is 0.392 e. The molecule has 0 aliphatic heterocycles. The largest absolute Gasteiger partial charge is 0.392 e. The number of nitrogens with zero attached hydrogens (tertiary/aromatic N) is 3. The molecule has 1 fully saturated rings. The Balaban J connectivity index is 2.26. The van der Waals surface area contributed by atoms with Gasteiger partial charge < -0.3 is 10.1 Å². The Bertz CT molecular complexity index is 424. The Morgan fingerprint density at radius 2 is 2.40 bits per heavy atom. The van der Waals surface area contributed by atoms with E-state index in [4.69, 9.17) is 0 Å². The van der Waals surface area contributed by atoms with Gasteiger partial charge in [-0.1, -0.05) is 0 Å². The number of Topliss-reactive ketones (excluding diaryl/α,β-unsaturated/α-hetero) is 1. The van der Waals surface area contributed by atoms with Crippen LogP contribution in [0.25, 0.3) is 0 Å². The fraction of sp³-hybridized carbons (Fsp3) is 0.556. The van der Waals surface area contributed by atoms with Gasteiger partial charge in [0, 0.05) is 12.8 Å². The number of nitro groups is 1. The van der Waals surface area contributed by atoms with E-state index in [1.807, 2.05) is 0 Å². The monoisotopic (exact) mass is 209 g/mol. The van der Waals surface area contributed by atoms with Crippen LogP contribution < -0.4 is 0 Å². The molecule has 0 N–H and O–H groups in total. The van der Waals surface area contributed by atoms with Crippen molar-refractivity contribution < 1.29 is 9.72 Å². The van der Waals surface area contributed by atoms with E-state index in [-0.39, 0.29) is 17.6 Å². The van der Waals surface area contributed by atoms with Crippen LogP contribution in [0.1, 0.15) is 30.9 Å². The highest BCUT2D eigenvalue weighted by Crippen LogP contribution is 2.28. The predicted molar refractivity (Wildman–Crippen MR) is 51.5 cm³/mol. The first-order valence-corrected chi connectivity index (χ1v) is 4.80. The lowest BCUT2D eigenvalue weighted by atomic mass is 10.2. The van der Waals surface area contributed by atoms with E-state index in [9.17, 15) is 14.9 Å². The Morgan fingerprint density at radius 1 is 1.67 bits per heavy atom. The van der Waals surface area contributed by atoms with E-state index >= 15 is 0 Å². The van der Waals surface area contributed by atoms with Crippen molar-refractivity contribution in [3.05, 3.63) is 21.9 Å². The molecule has 1 aliphatic carbocycles. The molecule has 2 rings (SSSR count). The maximum atomic E-state index is 11.1. The summed E-state index contributed by atoms with van der Waals surface area (Å²) >= 11 is 0. The first-order valence-electron chi connectivity index (χ1n) is 4.80. The molecule has 1 saturated carbocycles. The van der Waals surface area contributed by atoms with Crippen LogP contribution in [0.3, 0.4) is 0 Å². The van der Waals surface area contributed by atoms with Crippen LogP contribution in [-0.4, -0.2) is 20.5 Å². The lowest BCUT2D eigenvalue weighted by molar-refractivity contribution is -0.390. The van der Waals surface area contributed by atoms with Crippen molar-refractivity contribution >= 4 is 11.6 Å². The molecule has 0 amide bonds. The zero-order valence-electron chi connectivity index (χ0n) is 8.34. The number of hydrogen-bond donors (Lipinski definition) is 0. The quantitative estimate of drug-likeness (QED) is 0.544. The van der Waals surface area contributed by atoms with Crippen LogP contribution in [0.4, 0.5) is 5.82 Å². The Labute approximate surface area is 86.0 Å². The van der Waals surface area contributed by atoms with Gasteiger partial charge in [0.1, 0.15) is 5.78 Å². The molecule has 0 aromatic carbocycles. The van der Waals surface area contributed by atoms with Gasteiger partial charge in [-0.05, 0) is 18.3 Å². The van der Waals surface area contributed by atoms with Crippen LogP contribution in [0, 0.1) is 17.0 Å². The molecule has 0 spiro atoms. The third kappa shape index (κ3) is 1.74. The van der Waals surface area contributed by atoms with Gasteiger partial charge in [0.2, 0.25) is 0 Å². The molecular weight excluding hydrogens is 198 g/mol. The van der Waals surface area contributed by atoms with E-state index in [0.29, 0.717) is 18.4 Å². The zero-order valence-corrected chi connectivity index (χ0v) is 8.34. The van der Waals surface area contributed by atoms with Crippen molar-refractivity contribution in [3.8, 4) is 0 Å². The standard InChI is InChI=1S/C9H11N3O3/c1-6-5-11(10-9(6)12(14)15)7-2-3-8(13)4-7/h5,7H,2-4H2,1H3. The first-order chi connectivity index (χ1) is 7.08. The normalized spacial score (nSPS) is 20.9. The second-order valence-electron chi connectivity index (χ2n) is 3.81. The molecule has 1 unspecified atom stereocenters. The van der Waals surface area contributed by atoms with Gasteiger partial charge in [0.05, 0.1) is 22.9 Å². The topological polar surface area (TPSA) is 78.0 Å². The summed E-state index contributed by atoms with van der Waals surface area (Å²) in [6, 6.07) is 0.00454. The molecule has 1 atom stereocenters. The number of ketones is 1. The number of rotatable bonds is 2. The molecule has 1 heterocycles. The van der Waals surface area contributed by atoms with Gasteiger partial charge in [0.25, 0.3) is 0 Å². The summed E-state index contributed by atoms with van der Waals surface area (Å²) in [5, 5.41) is 14.5. The number of hydrogen-bond acceptors (Lipinski definition) is 4. The van der Waals surface area contributed by atoms with Gasteiger partial charge in [-0.2, -0.15) is 4.68 Å². The second kappa shape index (κ2) is 3.45. The number of aryl methyl sites for hydroxylation is 1. The summed E-state index contributed by atoms with van der Waals surface area (Å²) in [6.07, 6.45) is 3.37. The third-order valence-electron chi connectivity index (χ3n) is 2.66. The van der Waals surface area contributed by atoms with Gasteiger partial charge in [-0.3, -0.25) is 4.79 Å². The molecule has 0 bridgehead atoms. The maximum absolute atomic E-state index is 11.1. The molecule has 0 saturated heterocycles. The van der Waals surface area contributed by atoms with Gasteiger partial charge >= 0.3 is 5.82 Å². The number of carbonyl (C=O) groups excluding carboxylic acids is 1. The molecule has 1 aromatic rings. The highest BCUT2D eigenvalue weighted by Gasteiger charge is 2.28. The van der Waals surface area contributed by atoms with Crippen molar-refractivity contribution in [2.45, 2.75) is 32.2 Å². The minimum Gasteiger partial charge on any atom is -0.358 e. The lowest BCUT2D eigenvalue weighted by Gasteiger charge is -2.02. The molecule has 6 nitrogen and oxygen atoms in total. The van der Waals surface area contributed by atoms with Gasteiger partial charge in [-0.25, -0.2) is 0 Å².